The summed E-state index contributed by atoms with van der Waals surface area (Å²) in [6.07, 6.45) is -1.44. The molecule has 1 rings (SSSR count). The van der Waals surface area contributed by atoms with Crippen molar-refractivity contribution in [3.05, 3.63) is 35.9 Å². The van der Waals surface area contributed by atoms with Crippen molar-refractivity contribution < 1.29 is 17.9 Å². The third-order valence-corrected chi connectivity index (χ3v) is 2.04. The smallest absolute Gasteiger partial charge is 0.406 e. The number of nitrogens with zero attached hydrogens (tertiary/aromatic N) is 2. The highest BCUT2D eigenvalue weighted by Gasteiger charge is 2.31. The Morgan fingerprint density at radius 1 is 1.44 bits per heavy atom. The van der Waals surface area contributed by atoms with Gasteiger partial charge in [-0.2, -0.15) is 5.26 Å². The first-order valence-corrected chi connectivity index (χ1v) is 5.18. The molecule has 0 radical (unpaired) electrons. The van der Waals surface area contributed by atoms with E-state index in [4.69, 9.17) is 16.9 Å². The van der Waals surface area contributed by atoms with Crippen LogP contribution in [0.2, 0.25) is 0 Å². The van der Waals surface area contributed by atoms with Crippen LogP contribution in [0.25, 0.3) is 0 Å². The van der Waals surface area contributed by atoms with Gasteiger partial charge in [-0.3, -0.25) is 4.90 Å². The van der Waals surface area contributed by atoms with E-state index in [0.29, 0.717) is 0 Å². The summed E-state index contributed by atoms with van der Waals surface area (Å²) >= 11 is 5.32. The molecule has 0 bridgehead atoms. The molecule has 96 valence electrons. The fourth-order valence-corrected chi connectivity index (χ4v) is 1.28. The Morgan fingerprint density at radius 3 is 2.72 bits per heavy atom. The molecule has 0 fully saturated rings. The van der Waals surface area contributed by atoms with Gasteiger partial charge in [-0.15, -0.1) is 13.2 Å². The van der Waals surface area contributed by atoms with E-state index in [1.54, 1.807) is 0 Å². The predicted molar refractivity (Wildman–Crippen MR) is 61.1 cm³/mol. The third-order valence-electron chi connectivity index (χ3n) is 1.86. The van der Waals surface area contributed by atoms with Crippen molar-refractivity contribution in [2.75, 3.05) is 11.4 Å². The molecule has 0 unspecified atom stereocenters. The van der Waals surface area contributed by atoms with Crippen LogP contribution in [0.4, 0.5) is 18.9 Å². The number of ether oxygens (including phenoxy) is 1. The van der Waals surface area contributed by atoms with Crippen molar-refractivity contribution in [1.29, 1.82) is 5.26 Å². The van der Waals surface area contributed by atoms with E-state index in [1.165, 1.54) is 28.6 Å². The van der Waals surface area contributed by atoms with Crippen LogP contribution in [0.3, 0.4) is 0 Å². The number of hydrogen-bond acceptors (Lipinski definition) is 3. The molecule has 0 amide bonds. The van der Waals surface area contributed by atoms with Crippen molar-refractivity contribution in [3.8, 4) is 11.9 Å². The van der Waals surface area contributed by atoms with Gasteiger partial charge in [0.25, 0.3) is 0 Å². The van der Waals surface area contributed by atoms with Crippen LogP contribution >= 0.6 is 11.6 Å². The van der Waals surface area contributed by atoms with Crippen molar-refractivity contribution >= 4 is 17.3 Å². The molecule has 7 heteroatoms. The van der Waals surface area contributed by atoms with Crippen LogP contribution < -0.4 is 9.64 Å². The summed E-state index contributed by atoms with van der Waals surface area (Å²) in [5.74, 6) is -0.380. The highest BCUT2D eigenvalue weighted by molar-refractivity contribution is 6.25. The van der Waals surface area contributed by atoms with Crippen LogP contribution in [0.15, 0.2) is 35.9 Å². The molecule has 18 heavy (non-hydrogen) atoms. The summed E-state index contributed by atoms with van der Waals surface area (Å²) in [5.41, 5.74) is 1.51. The average molecular weight is 277 g/mol. The lowest BCUT2D eigenvalue weighted by molar-refractivity contribution is -0.274. The zero-order valence-corrected chi connectivity index (χ0v) is 9.74. The second-order valence-corrected chi connectivity index (χ2v) is 3.37. The topological polar surface area (TPSA) is 36.3 Å². The number of rotatable bonds is 4. The van der Waals surface area contributed by atoms with Gasteiger partial charge in [-0.1, -0.05) is 23.7 Å². The Morgan fingerprint density at radius 2 is 2.17 bits per heavy atom. The van der Waals surface area contributed by atoms with Crippen LogP contribution in [-0.2, 0) is 0 Å². The molecular weight excluding hydrogens is 269 g/mol. The minimum absolute atomic E-state index is 0.162. The molecule has 0 atom stereocenters. The van der Waals surface area contributed by atoms with Gasteiger partial charge >= 0.3 is 6.36 Å². The molecule has 0 aromatic heterocycles. The van der Waals surface area contributed by atoms with Gasteiger partial charge in [0, 0.05) is 11.6 Å². The van der Waals surface area contributed by atoms with E-state index in [0.717, 1.165) is 12.1 Å². The third kappa shape index (κ3) is 4.55. The number of anilines is 1. The molecular formula is C11H8ClF3N2O. The van der Waals surface area contributed by atoms with Gasteiger partial charge in [-0.25, -0.2) is 0 Å². The molecule has 0 aliphatic heterocycles. The first-order chi connectivity index (χ1) is 8.46. The SMILES string of the molecule is N#CN(CC=CCl)c1cccc(OC(F)(F)F)c1. The van der Waals surface area contributed by atoms with Crippen LogP contribution in [0.1, 0.15) is 0 Å². The molecule has 0 heterocycles. The summed E-state index contributed by atoms with van der Waals surface area (Å²) in [4.78, 5) is 1.17. The second kappa shape index (κ2) is 6.17. The molecule has 0 saturated heterocycles. The quantitative estimate of drug-likeness (QED) is 0.622. The molecule has 0 aliphatic rings. The number of hydrogen-bond donors (Lipinski definition) is 0. The first-order valence-electron chi connectivity index (χ1n) is 4.74. The summed E-state index contributed by atoms with van der Waals surface area (Å²) in [6, 6.07) is 5.14. The van der Waals surface area contributed by atoms with Gasteiger partial charge in [0.05, 0.1) is 12.2 Å². The van der Waals surface area contributed by atoms with Crippen molar-refractivity contribution in [2.24, 2.45) is 0 Å². The average Bonchev–Trinajstić information content (AvgIpc) is 2.28. The minimum Gasteiger partial charge on any atom is -0.406 e. The lowest BCUT2D eigenvalue weighted by Gasteiger charge is -2.15. The highest BCUT2D eigenvalue weighted by Crippen LogP contribution is 2.26. The maximum absolute atomic E-state index is 12.0. The van der Waals surface area contributed by atoms with E-state index in [2.05, 4.69) is 4.74 Å². The van der Waals surface area contributed by atoms with Gasteiger partial charge in [-0.05, 0) is 12.1 Å². The lowest BCUT2D eigenvalue weighted by atomic mass is 10.3. The van der Waals surface area contributed by atoms with E-state index in [-0.39, 0.29) is 18.0 Å². The Kier molecular flexibility index (Phi) is 4.86. The zero-order valence-electron chi connectivity index (χ0n) is 8.99. The van der Waals surface area contributed by atoms with Crippen molar-refractivity contribution in [1.82, 2.24) is 0 Å². The van der Waals surface area contributed by atoms with Gasteiger partial charge in [0.15, 0.2) is 6.19 Å². The molecule has 0 saturated carbocycles. The Balaban J connectivity index is 2.90. The second-order valence-electron chi connectivity index (χ2n) is 3.12. The molecule has 1 aromatic carbocycles. The fraction of sp³-hybridized carbons (Fsp3) is 0.182. The van der Waals surface area contributed by atoms with E-state index in [9.17, 15) is 13.2 Å². The Hall–Kier alpha value is -1.87. The van der Waals surface area contributed by atoms with E-state index in [1.807, 2.05) is 6.19 Å². The minimum atomic E-state index is -4.76. The molecule has 1 aromatic rings. The number of alkyl halides is 3. The maximum Gasteiger partial charge on any atom is 0.573 e. The van der Waals surface area contributed by atoms with Crippen molar-refractivity contribution in [3.63, 3.8) is 0 Å². The van der Waals surface area contributed by atoms with Gasteiger partial charge < -0.3 is 4.74 Å². The van der Waals surface area contributed by atoms with Crippen molar-refractivity contribution in [2.45, 2.75) is 6.36 Å². The van der Waals surface area contributed by atoms with Crippen LogP contribution in [0.5, 0.6) is 5.75 Å². The summed E-state index contributed by atoms with van der Waals surface area (Å²) in [6.45, 7) is 0.162. The summed E-state index contributed by atoms with van der Waals surface area (Å²) < 4.78 is 39.8. The predicted octanol–water partition coefficient (Wildman–Crippen LogP) is 3.63. The molecule has 0 N–H and O–H groups in total. The highest BCUT2D eigenvalue weighted by atomic mass is 35.5. The molecule has 3 nitrogen and oxygen atoms in total. The molecule has 0 spiro atoms. The standard InChI is InChI=1S/C11H8ClF3N2O/c12-5-2-6-17(8-16)9-3-1-4-10(7-9)18-11(13,14)15/h1-5,7H,6H2. The summed E-state index contributed by atoms with van der Waals surface area (Å²) in [7, 11) is 0. The van der Waals surface area contributed by atoms with Crippen LogP contribution in [0, 0.1) is 11.5 Å². The Labute approximate surface area is 107 Å². The lowest BCUT2D eigenvalue weighted by Crippen LogP contribution is -2.18. The normalized spacial score (nSPS) is 11.3. The molecule has 0 aliphatic carbocycles. The zero-order chi connectivity index (χ0) is 13.6. The van der Waals surface area contributed by atoms with E-state index < -0.39 is 6.36 Å². The number of halogens is 4. The van der Waals surface area contributed by atoms with Gasteiger partial charge in [0.2, 0.25) is 0 Å². The first kappa shape index (κ1) is 14.2. The number of nitriles is 1. The number of benzene rings is 1. The van der Waals surface area contributed by atoms with E-state index >= 15 is 0 Å². The monoisotopic (exact) mass is 276 g/mol. The summed E-state index contributed by atoms with van der Waals surface area (Å²) in [5, 5.41) is 8.87. The Bertz CT molecular complexity index is 468. The maximum atomic E-state index is 12.0. The van der Waals surface area contributed by atoms with Crippen LogP contribution in [-0.4, -0.2) is 12.9 Å². The van der Waals surface area contributed by atoms with Gasteiger partial charge in [0.1, 0.15) is 5.75 Å². The fourth-order valence-electron chi connectivity index (χ4n) is 1.20. The largest absolute Gasteiger partial charge is 0.573 e.